The first kappa shape index (κ1) is 34.2. The van der Waals surface area contributed by atoms with Crippen LogP contribution in [-0.2, 0) is 21.1 Å². The van der Waals surface area contributed by atoms with Crippen LogP contribution in [0.2, 0.25) is 0 Å². The number of hydrogen-bond donors (Lipinski definition) is 1. The molecule has 6 rings (SSSR count). The SMILES string of the molecule is COC(=O)C1(CCCCN2CCC(NC(=O)c3ccccc3-c3ccc(C(F)(F)F)cc3)CC2)c2ccccc2-c2ccccc21.Cl. The highest BCUT2D eigenvalue weighted by molar-refractivity contribution is 6.01. The number of benzene rings is 4. The van der Waals surface area contributed by atoms with E-state index in [4.69, 9.17) is 4.74 Å². The van der Waals surface area contributed by atoms with E-state index in [1.165, 1.54) is 19.2 Å². The lowest BCUT2D eigenvalue weighted by atomic mass is 9.74. The van der Waals surface area contributed by atoms with Crippen LogP contribution in [-0.4, -0.2) is 49.6 Å². The molecule has 246 valence electrons. The van der Waals surface area contributed by atoms with Gasteiger partial charge in [-0.15, -0.1) is 12.4 Å². The van der Waals surface area contributed by atoms with Crippen molar-refractivity contribution in [2.75, 3.05) is 26.7 Å². The fourth-order valence-corrected chi connectivity index (χ4v) is 7.15. The highest BCUT2D eigenvalue weighted by Gasteiger charge is 2.49. The zero-order chi connectivity index (χ0) is 32.3. The van der Waals surface area contributed by atoms with Gasteiger partial charge >= 0.3 is 12.1 Å². The molecule has 0 unspecified atom stereocenters. The fraction of sp³-hybridized carbons (Fsp3) is 0.316. The number of carbonyl (C=O) groups is 2. The lowest BCUT2D eigenvalue weighted by Gasteiger charge is -2.33. The number of hydrogen-bond acceptors (Lipinski definition) is 4. The molecule has 0 spiro atoms. The lowest BCUT2D eigenvalue weighted by molar-refractivity contribution is -0.146. The summed E-state index contributed by atoms with van der Waals surface area (Å²) >= 11 is 0. The van der Waals surface area contributed by atoms with Crippen molar-refractivity contribution in [3.05, 3.63) is 119 Å². The Morgan fingerprint density at radius 2 is 1.36 bits per heavy atom. The maximum absolute atomic E-state index is 13.4. The van der Waals surface area contributed by atoms with Gasteiger partial charge in [-0.2, -0.15) is 13.2 Å². The van der Waals surface area contributed by atoms with Crippen molar-refractivity contribution in [2.45, 2.75) is 49.7 Å². The first-order valence-corrected chi connectivity index (χ1v) is 15.8. The number of nitrogens with one attached hydrogen (secondary N) is 1. The molecule has 1 saturated heterocycles. The summed E-state index contributed by atoms with van der Waals surface area (Å²) in [5.74, 6) is -0.444. The number of fused-ring (bicyclic) bond motifs is 3. The zero-order valence-corrected chi connectivity index (χ0v) is 27.0. The molecule has 0 atom stereocenters. The second kappa shape index (κ2) is 14.3. The number of carbonyl (C=O) groups excluding carboxylic acids is 2. The number of amides is 1. The average molecular weight is 663 g/mol. The summed E-state index contributed by atoms with van der Waals surface area (Å²) in [5, 5.41) is 3.15. The molecule has 4 aromatic rings. The van der Waals surface area contributed by atoms with Gasteiger partial charge in [0, 0.05) is 24.7 Å². The van der Waals surface area contributed by atoms with Gasteiger partial charge in [0.2, 0.25) is 0 Å². The van der Waals surface area contributed by atoms with Crippen molar-refractivity contribution in [3.8, 4) is 22.3 Å². The predicted octanol–water partition coefficient (Wildman–Crippen LogP) is 8.30. The largest absolute Gasteiger partial charge is 0.468 e. The van der Waals surface area contributed by atoms with Gasteiger partial charge in [-0.25, -0.2) is 0 Å². The minimum absolute atomic E-state index is 0. The second-order valence-corrected chi connectivity index (χ2v) is 12.2. The van der Waals surface area contributed by atoms with E-state index in [0.29, 0.717) is 23.1 Å². The van der Waals surface area contributed by atoms with Crippen LogP contribution in [0, 0.1) is 0 Å². The van der Waals surface area contributed by atoms with E-state index >= 15 is 0 Å². The molecular formula is C38H38ClF3N2O3. The number of likely N-dealkylation sites (tertiary alicyclic amines) is 1. The highest BCUT2D eigenvalue weighted by atomic mass is 35.5. The Labute approximate surface area is 279 Å². The molecule has 1 N–H and O–H groups in total. The van der Waals surface area contributed by atoms with Crippen LogP contribution in [0.15, 0.2) is 97.1 Å². The van der Waals surface area contributed by atoms with Gasteiger partial charge in [-0.3, -0.25) is 9.59 Å². The van der Waals surface area contributed by atoms with Crippen molar-refractivity contribution >= 4 is 24.3 Å². The van der Waals surface area contributed by atoms with Crippen LogP contribution in [0.5, 0.6) is 0 Å². The van der Waals surface area contributed by atoms with Gasteiger partial charge in [0.05, 0.1) is 12.7 Å². The molecule has 0 radical (unpaired) electrons. The molecule has 4 aromatic carbocycles. The zero-order valence-electron chi connectivity index (χ0n) is 26.2. The maximum atomic E-state index is 13.4. The summed E-state index contributed by atoms with van der Waals surface area (Å²) in [5.41, 5.74) is 4.29. The highest BCUT2D eigenvalue weighted by Crippen LogP contribution is 2.52. The van der Waals surface area contributed by atoms with Crippen LogP contribution in [0.1, 0.15) is 59.2 Å². The summed E-state index contributed by atoms with van der Waals surface area (Å²) in [4.78, 5) is 29.1. The Balaban J connectivity index is 0.00000433. The van der Waals surface area contributed by atoms with Crippen molar-refractivity contribution in [1.29, 1.82) is 0 Å². The quantitative estimate of drug-likeness (QED) is 0.145. The maximum Gasteiger partial charge on any atom is 0.416 e. The Hall–Kier alpha value is -4.14. The number of unbranched alkanes of at least 4 members (excludes halogenated alkanes) is 1. The summed E-state index contributed by atoms with van der Waals surface area (Å²) in [6.45, 7) is 2.59. The third kappa shape index (κ3) is 6.81. The number of esters is 1. The number of piperidine rings is 1. The number of rotatable bonds is 9. The number of methoxy groups -OCH3 is 1. The molecule has 5 nitrogen and oxygen atoms in total. The molecule has 47 heavy (non-hydrogen) atoms. The summed E-state index contributed by atoms with van der Waals surface area (Å²) in [6.07, 6.45) is -0.347. The molecule has 1 heterocycles. The van der Waals surface area contributed by atoms with Gasteiger partial charge in [0.15, 0.2) is 0 Å². The predicted molar refractivity (Wildman–Crippen MR) is 180 cm³/mol. The van der Waals surface area contributed by atoms with E-state index in [9.17, 15) is 22.8 Å². The standard InChI is InChI=1S/C38H37F3N2O3.ClH/c1-46-36(45)37(33-14-6-4-11-30(33)31-12-5-7-15-34(31)37)22-8-9-23-43-24-20-28(21-25-43)42-35(44)32-13-3-2-10-29(32)26-16-18-27(19-17-26)38(39,40)41;/h2-7,10-19,28H,8-9,20-25H2,1H3,(H,42,44);1H. The second-order valence-electron chi connectivity index (χ2n) is 12.2. The van der Waals surface area contributed by atoms with Gasteiger partial charge in [0.1, 0.15) is 5.41 Å². The third-order valence-corrected chi connectivity index (χ3v) is 9.49. The number of ether oxygens (including phenoxy) is 1. The van der Waals surface area contributed by atoms with Crippen LogP contribution in [0.25, 0.3) is 22.3 Å². The van der Waals surface area contributed by atoms with E-state index in [1.54, 1.807) is 24.3 Å². The fourth-order valence-electron chi connectivity index (χ4n) is 7.15. The van der Waals surface area contributed by atoms with Gasteiger partial charge in [-0.05, 0) is 83.8 Å². The first-order chi connectivity index (χ1) is 22.2. The molecule has 0 aromatic heterocycles. The van der Waals surface area contributed by atoms with Gasteiger partial charge in [-0.1, -0.05) is 85.3 Å². The molecule has 2 aliphatic rings. The Morgan fingerprint density at radius 1 is 0.809 bits per heavy atom. The van der Waals surface area contributed by atoms with Crippen LogP contribution in [0.4, 0.5) is 13.2 Å². The Kier molecular flexibility index (Phi) is 10.4. The van der Waals surface area contributed by atoms with E-state index < -0.39 is 17.2 Å². The average Bonchev–Trinajstić information content (AvgIpc) is 3.37. The molecule has 1 fully saturated rings. The molecule has 1 aliphatic heterocycles. The van der Waals surface area contributed by atoms with E-state index in [0.717, 1.165) is 79.7 Å². The smallest absolute Gasteiger partial charge is 0.416 e. The Morgan fingerprint density at radius 3 is 1.94 bits per heavy atom. The summed E-state index contributed by atoms with van der Waals surface area (Å²) < 4.78 is 44.5. The molecule has 0 saturated carbocycles. The summed E-state index contributed by atoms with van der Waals surface area (Å²) in [6, 6.07) is 28.2. The Bertz CT molecular complexity index is 1670. The molecule has 9 heteroatoms. The number of nitrogens with zero attached hydrogens (tertiary/aromatic N) is 1. The van der Waals surface area contributed by atoms with E-state index in [-0.39, 0.29) is 30.3 Å². The number of halogens is 4. The summed E-state index contributed by atoms with van der Waals surface area (Å²) in [7, 11) is 1.46. The normalized spacial score (nSPS) is 15.7. The minimum atomic E-state index is -4.41. The van der Waals surface area contributed by atoms with Crippen LogP contribution < -0.4 is 5.32 Å². The molecule has 1 aliphatic carbocycles. The van der Waals surface area contributed by atoms with Crippen molar-refractivity contribution < 1.29 is 27.5 Å². The van der Waals surface area contributed by atoms with Crippen molar-refractivity contribution in [3.63, 3.8) is 0 Å². The number of alkyl halides is 3. The van der Waals surface area contributed by atoms with Crippen molar-refractivity contribution in [2.24, 2.45) is 0 Å². The van der Waals surface area contributed by atoms with Crippen LogP contribution >= 0.6 is 12.4 Å². The molecular weight excluding hydrogens is 625 g/mol. The van der Waals surface area contributed by atoms with Gasteiger partial charge in [0.25, 0.3) is 5.91 Å². The minimum Gasteiger partial charge on any atom is -0.468 e. The van der Waals surface area contributed by atoms with E-state index in [2.05, 4.69) is 22.3 Å². The third-order valence-electron chi connectivity index (χ3n) is 9.49. The first-order valence-electron chi connectivity index (χ1n) is 15.8. The lowest BCUT2D eigenvalue weighted by Crippen LogP contribution is -2.45. The van der Waals surface area contributed by atoms with E-state index in [1.807, 2.05) is 36.4 Å². The van der Waals surface area contributed by atoms with Crippen molar-refractivity contribution in [1.82, 2.24) is 10.2 Å². The topological polar surface area (TPSA) is 58.6 Å². The molecule has 0 bridgehead atoms. The monoisotopic (exact) mass is 662 g/mol. The van der Waals surface area contributed by atoms with Gasteiger partial charge < -0.3 is 15.0 Å². The van der Waals surface area contributed by atoms with Crippen LogP contribution in [0.3, 0.4) is 0 Å². The molecule has 1 amide bonds.